The highest BCUT2D eigenvalue weighted by Gasteiger charge is 2.49. The van der Waals surface area contributed by atoms with E-state index >= 15 is 0 Å². The van der Waals surface area contributed by atoms with Crippen LogP contribution in [0.4, 0.5) is 13.2 Å². The summed E-state index contributed by atoms with van der Waals surface area (Å²) >= 11 is 0. The van der Waals surface area contributed by atoms with Crippen LogP contribution in [0.2, 0.25) is 0 Å². The van der Waals surface area contributed by atoms with E-state index in [9.17, 15) is 21.6 Å². The molecule has 1 saturated carbocycles. The predicted octanol–water partition coefficient (Wildman–Crippen LogP) is 3.96. The Bertz CT molecular complexity index is 947. The van der Waals surface area contributed by atoms with Crippen LogP contribution in [0.1, 0.15) is 18.4 Å². The molecular weight excluding hydrogens is 423 g/mol. The van der Waals surface area contributed by atoms with Crippen molar-refractivity contribution >= 4 is 10.1 Å². The molecule has 4 rings (SSSR count). The van der Waals surface area contributed by atoms with E-state index in [1.165, 1.54) is 36.4 Å². The number of ether oxygens (including phenoxy) is 2. The third kappa shape index (κ3) is 6.10. The fraction of sp³-hybridized carbons (Fsp3) is 0.400. The largest absolute Gasteiger partial charge is 0.573 e. The van der Waals surface area contributed by atoms with Gasteiger partial charge < -0.3 is 14.8 Å². The molecule has 6 nitrogen and oxygen atoms in total. The number of nitrogens with one attached hydrogen (secondary N) is 1. The standard InChI is InChI=1S/C13H14F3NO2.C7H8O3S/c14-13(15,16)19-10-3-1-9(2-4-10)18-11-5-12(6-11)7-17-8-12;1-6-2-4-7(5-3-6)11(8,9)10/h1-4,11,17H,5-8H2;2-5H,1H3,(H,8,9,10). The molecule has 0 radical (unpaired) electrons. The van der Waals surface area contributed by atoms with Gasteiger partial charge in [0.2, 0.25) is 0 Å². The Morgan fingerprint density at radius 2 is 1.53 bits per heavy atom. The highest BCUT2D eigenvalue weighted by Crippen LogP contribution is 2.45. The monoisotopic (exact) mass is 445 g/mol. The van der Waals surface area contributed by atoms with Gasteiger partial charge >= 0.3 is 6.36 Å². The van der Waals surface area contributed by atoms with E-state index in [0.717, 1.165) is 31.5 Å². The normalized spacial score (nSPS) is 17.9. The van der Waals surface area contributed by atoms with Gasteiger partial charge in [-0.05, 0) is 56.2 Å². The van der Waals surface area contributed by atoms with Gasteiger partial charge in [-0.3, -0.25) is 4.55 Å². The summed E-state index contributed by atoms with van der Waals surface area (Å²) in [5, 5.41) is 3.24. The van der Waals surface area contributed by atoms with E-state index in [1.807, 2.05) is 6.92 Å². The Morgan fingerprint density at radius 1 is 1.00 bits per heavy atom. The van der Waals surface area contributed by atoms with Gasteiger partial charge in [-0.15, -0.1) is 13.2 Å². The number of alkyl halides is 3. The summed E-state index contributed by atoms with van der Waals surface area (Å²) in [4.78, 5) is -0.0666. The fourth-order valence-electron chi connectivity index (χ4n) is 3.38. The Morgan fingerprint density at radius 3 is 1.97 bits per heavy atom. The lowest BCUT2D eigenvalue weighted by atomic mass is 9.63. The Labute approximate surface area is 172 Å². The van der Waals surface area contributed by atoms with Crippen LogP contribution in [0.25, 0.3) is 0 Å². The summed E-state index contributed by atoms with van der Waals surface area (Å²) in [7, 11) is -4.02. The Balaban J connectivity index is 0.000000199. The second-order valence-electron chi connectivity index (χ2n) is 7.56. The van der Waals surface area contributed by atoms with E-state index in [-0.39, 0.29) is 16.7 Å². The topological polar surface area (TPSA) is 84.9 Å². The SMILES string of the molecule is Cc1ccc(S(=O)(=O)O)cc1.FC(F)(F)Oc1ccc(OC2CC3(CNC3)C2)cc1. The number of hydrogen-bond donors (Lipinski definition) is 2. The molecule has 0 unspecified atom stereocenters. The lowest BCUT2D eigenvalue weighted by molar-refractivity contribution is -0.274. The van der Waals surface area contributed by atoms with Crippen LogP contribution in [-0.4, -0.2) is 38.5 Å². The van der Waals surface area contributed by atoms with Gasteiger partial charge in [0, 0.05) is 18.5 Å². The molecule has 1 heterocycles. The van der Waals surface area contributed by atoms with Crippen LogP contribution >= 0.6 is 0 Å². The first-order chi connectivity index (χ1) is 13.9. The fourth-order valence-corrected chi connectivity index (χ4v) is 3.86. The highest BCUT2D eigenvalue weighted by molar-refractivity contribution is 7.85. The maximum absolute atomic E-state index is 12.0. The molecule has 0 bridgehead atoms. The van der Waals surface area contributed by atoms with Crippen molar-refractivity contribution in [3.05, 3.63) is 54.1 Å². The lowest BCUT2D eigenvalue weighted by Gasteiger charge is -2.53. The molecule has 0 aromatic heterocycles. The van der Waals surface area contributed by atoms with Crippen LogP contribution in [0.15, 0.2) is 53.4 Å². The quantitative estimate of drug-likeness (QED) is 0.693. The van der Waals surface area contributed by atoms with Gasteiger partial charge in [-0.2, -0.15) is 8.42 Å². The van der Waals surface area contributed by atoms with E-state index in [4.69, 9.17) is 9.29 Å². The number of benzene rings is 2. The molecule has 10 heteroatoms. The first-order valence-electron chi connectivity index (χ1n) is 9.22. The maximum Gasteiger partial charge on any atom is 0.573 e. The summed E-state index contributed by atoms with van der Waals surface area (Å²) in [6, 6.07) is 11.5. The molecule has 0 atom stereocenters. The van der Waals surface area contributed by atoms with Gasteiger partial charge in [0.1, 0.15) is 11.5 Å². The Kier molecular flexibility index (Phi) is 6.30. The van der Waals surface area contributed by atoms with E-state index < -0.39 is 16.5 Å². The van der Waals surface area contributed by atoms with Gasteiger partial charge in [0.15, 0.2) is 0 Å². The smallest absolute Gasteiger partial charge is 0.490 e. The van der Waals surface area contributed by atoms with E-state index in [1.54, 1.807) is 12.1 Å². The molecule has 1 spiro atoms. The average Bonchev–Trinajstić information content (AvgIpc) is 2.56. The molecule has 2 fully saturated rings. The van der Waals surface area contributed by atoms with Crippen LogP contribution < -0.4 is 14.8 Å². The molecule has 1 aliphatic heterocycles. The molecular formula is C20H22F3NO5S. The molecule has 1 saturated heterocycles. The maximum atomic E-state index is 12.0. The van der Waals surface area contributed by atoms with Crippen LogP contribution in [-0.2, 0) is 10.1 Å². The minimum atomic E-state index is -4.65. The minimum absolute atomic E-state index is 0.0666. The third-order valence-electron chi connectivity index (χ3n) is 5.00. The third-order valence-corrected chi connectivity index (χ3v) is 5.87. The number of hydrogen-bond acceptors (Lipinski definition) is 5. The van der Waals surface area contributed by atoms with Crippen molar-refractivity contribution in [3.63, 3.8) is 0 Å². The van der Waals surface area contributed by atoms with Crippen molar-refractivity contribution in [2.45, 2.75) is 37.1 Å². The van der Waals surface area contributed by atoms with Gasteiger partial charge in [-0.25, -0.2) is 0 Å². The lowest BCUT2D eigenvalue weighted by Crippen LogP contribution is -2.62. The van der Waals surface area contributed by atoms with Gasteiger partial charge in [0.25, 0.3) is 10.1 Å². The second kappa shape index (κ2) is 8.44. The second-order valence-corrected chi connectivity index (χ2v) is 8.98. The van der Waals surface area contributed by atoms with Gasteiger partial charge in [0.05, 0.1) is 11.0 Å². The van der Waals surface area contributed by atoms with Crippen LogP contribution in [0, 0.1) is 12.3 Å². The zero-order valence-electron chi connectivity index (χ0n) is 16.1. The van der Waals surface area contributed by atoms with Crippen molar-refractivity contribution in [2.75, 3.05) is 13.1 Å². The average molecular weight is 445 g/mol. The van der Waals surface area contributed by atoms with Gasteiger partial charge in [-0.1, -0.05) is 17.7 Å². The molecule has 0 amide bonds. The summed E-state index contributed by atoms with van der Waals surface area (Å²) in [5.74, 6) is 0.356. The minimum Gasteiger partial charge on any atom is -0.490 e. The van der Waals surface area contributed by atoms with Crippen molar-refractivity contribution in [1.29, 1.82) is 0 Å². The number of rotatable bonds is 4. The van der Waals surface area contributed by atoms with Crippen molar-refractivity contribution in [1.82, 2.24) is 5.32 Å². The Hall–Kier alpha value is -2.30. The molecule has 2 aromatic rings. The summed E-state index contributed by atoms with van der Waals surface area (Å²) in [6.07, 6.45) is -2.45. The first-order valence-corrected chi connectivity index (χ1v) is 10.7. The van der Waals surface area contributed by atoms with E-state index in [0.29, 0.717) is 11.2 Å². The molecule has 2 N–H and O–H groups in total. The molecule has 164 valence electrons. The summed E-state index contributed by atoms with van der Waals surface area (Å²) < 4.78 is 75.0. The number of halogens is 3. The van der Waals surface area contributed by atoms with Crippen molar-refractivity contribution in [3.8, 4) is 11.5 Å². The predicted molar refractivity (Wildman–Crippen MR) is 103 cm³/mol. The van der Waals surface area contributed by atoms with Crippen LogP contribution in [0.3, 0.4) is 0 Å². The number of aryl methyl sites for hydroxylation is 1. The summed E-state index contributed by atoms with van der Waals surface area (Å²) in [6.45, 7) is 3.93. The molecule has 30 heavy (non-hydrogen) atoms. The van der Waals surface area contributed by atoms with E-state index in [2.05, 4.69) is 10.1 Å². The van der Waals surface area contributed by atoms with Crippen molar-refractivity contribution < 1.29 is 35.6 Å². The zero-order chi connectivity index (χ0) is 22.0. The highest BCUT2D eigenvalue weighted by atomic mass is 32.2. The van der Waals surface area contributed by atoms with Crippen molar-refractivity contribution in [2.24, 2.45) is 5.41 Å². The summed E-state index contributed by atoms with van der Waals surface area (Å²) in [5.41, 5.74) is 1.38. The first kappa shape index (κ1) is 22.4. The molecule has 2 aliphatic rings. The molecule has 2 aromatic carbocycles. The zero-order valence-corrected chi connectivity index (χ0v) is 17.0. The van der Waals surface area contributed by atoms with Crippen LogP contribution in [0.5, 0.6) is 11.5 Å². The molecule has 1 aliphatic carbocycles.